The molecule has 0 saturated heterocycles. The Morgan fingerprint density at radius 1 is 0.269 bits per heavy atom. The van der Waals surface area contributed by atoms with Crippen LogP contribution in [0.4, 0.5) is 0 Å². The molecule has 0 radical (unpaired) electrons. The predicted octanol–water partition coefficient (Wildman–Crippen LogP) is 9.75. The van der Waals surface area contributed by atoms with Gasteiger partial charge in [0, 0.05) is 58.2 Å². The van der Waals surface area contributed by atoms with Crippen molar-refractivity contribution in [1.29, 1.82) is 0 Å². The van der Waals surface area contributed by atoms with E-state index in [2.05, 4.69) is 58.5 Å². The summed E-state index contributed by atoms with van der Waals surface area (Å²) in [5.74, 6) is 3.61. The van der Waals surface area contributed by atoms with Crippen molar-refractivity contribution in [3.63, 3.8) is 0 Å². The zero-order valence-electron chi connectivity index (χ0n) is 27.6. The Kier molecular flexibility index (Phi) is 6.95. The van der Waals surface area contributed by atoms with E-state index in [9.17, 15) is 0 Å². The molecule has 52 heavy (non-hydrogen) atoms. The molecular formula is C44H26N8. The van der Waals surface area contributed by atoms with Crippen molar-refractivity contribution < 1.29 is 0 Å². The lowest BCUT2D eigenvalue weighted by atomic mass is 9.89. The summed E-state index contributed by atoms with van der Waals surface area (Å²) in [4.78, 5) is 38.4. The van der Waals surface area contributed by atoms with Crippen molar-refractivity contribution >= 4 is 32.3 Å². The van der Waals surface area contributed by atoms with E-state index in [0.717, 1.165) is 65.7 Å². The molecule has 0 saturated carbocycles. The first-order valence-electron chi connectivity index (χ1n) is 16.9. The van der Waals surface area contributed by atoms with Crippen molar-refractivity contribution in [2.75, 3.05) is 0 Å². The molecule has 0 N–H and O–H groups in total. The Balaban J connectivity index is 1.20. The van der Waals surface area contributed by atoms with Gasteiger partial charge in [-0.25, -0.2) is 29.9 Å². The fourth-order valence-electron chi connectivity index (χ4n) is 6.88. The minimum atomic E-state index is 0.575. The summed E-state index contributed by atoms with van der Waals surface area (Å²) in [5, 5.41) is 6.62. The molecule has 0 unspecified atom stereocenters. The van der Waals surface area contributed by atoms with Gasteiger partial charge in [0.15, 0.2) is 34.9 Å². The van der Waals surface area contributed by atoms with Gasteiger partial charge in [0.05, 0.1) is 0 Å². The first kappa shape index (κ1) is 29.6. The zero-order chi connectivity index (χ0) is 34.4. The quantitative estimate of drug-likeness (QED) is 0.162. The second-order valence-electron chi connectivity index (χ2n) is 12.5. The molecule has 10 rings (SSSR count). The highest BCUT2D eigenvalue weighted by molar-refractivity contribution is 6.27. The molecule has 0 fully saturated rings. The summed E-state index contributed by atoms with van der Waals surface area (Å²) < 4.78 is 0. The second kappa shape index (κ2) is 12.2. The molecular weight excluding hydrogens is 641 g/mol. The minimum absolute atomic E-state index is 0.575. The summed E-state index contributed by atoms with van der Waals surface area (Å²) in [7, 11) is 0. The van der Waals surface area contributed by atoms with E-state index in [-0.39, 0.29) is 0 Å². The van der Waals surface area contributed by atoms with Crippen LogP contribution in [0.15, 0.2) is 158 Å². The predicted molar refractivity (Wildman–Crippen MR) is 205 cm³/mol. The van der Waals surface area contributed by atoms with Crippen LogP contribution in [0.5, 0.6) is 0 Å². The van der Waals surface area contributed by atoms with Crippen LogP contribution in [0.2, 0.25) is 0 Å². The summed E-state index contributed by atoms with van der Waals surface area (Å²) >= 11 is 0. The Morgan fingerprint density at radius 3 is 0.981 bits per heavy atom. The van der Waals surface area contributed by atoms with E-state index in [1.807, 2.05) is 84.9 Å². The molecule has 6 aromatic carbocycles. The molecule has 0 spiro atoms. The molecule has 8 heteroatoms. The van der Waals surface area contributed by atoms with Crippen molar-refractivity contribution in [1.82, 2.24) is 39.9 Å². The number of hydrogen-bond donors (Lipinski definition) is 0. The normalized spacial score (nSPS) is 11.5. The molecule has 0 bridgehead atoms. The number of rotatable bonds is 6. The fraction of sp³-hybridized carbons (Fsp3) is 0. The second-order valence-corrected chi connectivity index (χ2v) is 12.5. The van der Waals surface area contributed by atoms with Gasteiger partial charge < -0.3 is 0 Å². The fourth-order valence-corrected chi connectivity index (χ4v) is 6.88. The number of nitrogens with zero attached hydrogens (tertiary/aromatic N) is 8. The van der Waals surface area contributed by atoms with Gasteiger partial charge in [0.2, 0.25) is 0 Å². The summed E-state index contributed by atoms with van der Waals surface area (Å²) in [5.41, 5.74) is 5.43. The van der Waals surface area contributed by atoms with E-state index < -0.39 is 0 Å². The average molecular weight is 667 g/mol. The van der Waals surface area contributed by atoms with Gasteiger partial charge in [-0.05, 0) is 68.7 Å². The highest BCUT2D eigenvalue weighted by Gasteiger charge is 2.20. The maximum Gasteiger partial charge on any atom is 0.164 e. The van der Waals surface area contributed by atoms with Crippen molar-refractivity contribution in [3.05, 3.63) is 158 Å². The third kappa shape index (κ3) is 5.09. The Hall–Kier alpha value is -7.32. The largest absolute Gasteiger partial charge is 0.265 e. The van der Waals surface area contributed by atoms with Crippen LogP contribution in [-0.2, 0) is 0 Å². The third-order valence-corrected chi connectivity index (χ3v) is 9.36. The SMILES string of the molecule is c1ccc(-c2nc(-c3ccccc3)nc(-c3ccc4ccc5c(-c6nc(-c7ccncc7)nc(-c7ccncc7)n6)ccc6ccc3c4c65)n2)cc1. The van der Waals surface area contributed by atoms with Crippen LogP contribution < -0.4 is 0 Å². The topological polar surface area (TPSA) is 103 Å². The third-order valence-electron chi connectivity index (χ3n) is 9.36. The molecule has 4 aromatic heterocycles. The van der Waals surface area contributed by atoms with Gasteiger partial charge in [-0.3, -0.25) is 9.97 Å². The first-order valence-corrected chi connectivity index (χ1v) is 16.9. The van der Waals surface area contributed by atoms with Gasteiger partial charge >= 0.3 is 0 Å². The van der Waals surface area contributed by atoms with Crippen molar-refractivity contribution in [2.45, 2.75) is 0 Å². The van der Waals surface area contributed by atoms with Crippen molar-refractivity contribution in [2.24, 2.45) is 0 Å². The van der Waals surface area contributed by atoms with E-state index in [4.69, 9.17) is 29.9 Å². The van der Waals surface area contributed by atoms with Gasteiger partial charge in [0.1, 0.15) is 0 Å². The number of benzene rings is 6. The zero-order valence-corrected chi connectivity index (χ0v) is 27.6. The molecule has 242 valence electrons. The van der Waals surface area contributed by atoms with Gasteiger partial charge in [-0.15, -0.1) is 0 Å². The van der Waals surface area contributed by atoms with E-state index in [1.165, 1.54) is 0 Å². The first-order chi connectivity index (χ1) is 25.8. The smallest absolute Gasteiger partial charge is 0.164 e. The van der Waals surface area contributed by atoms with Gasteiger partial charge in [0.25, 0.3) is 0 Å². The highest BCUT2D eigenvalue weighted by atomic mass is 15.0. The van der Waals surface area contributed by atoms with Crippen LogP contribution in [0.3, 0.4) is 0 Å². The standard InChI is InChI=1S/C44H26N8/c1-3-7-29(8-4-1)39-47-40(30-9-5-2-6-10-30)50-43(49-39)35-17-13-27-12-16-34-36(18-14-28-11-15-33(35)37(27)38(28)34)44-51-41(31-19-23-45-24-20-31)48-42(52-44)32-21-25-46-26-22-32/h1-26H. The molecule has 0 aliphatic heterocycles. The molecule has 8 nitrogen and oxygen atoms in total. The average Bonchev–Trinajstić information content (AvgIpc) is 3.23. The van der Waals surface area contributed by atoms with E-state index in [0.29, 0.717) is 34.9 Å². The number of hydrogen-bond acceptors (Lipinski definition) is 8. The van der Waals surface area contributed by atoms with E-state index >= 15 is 0 Å². The molecule has 0 aliphatic carbocycles. The van der Waals surface area contributed by atoms with Crippen LogP contribution >= 0.6 is 0 Å². The molecule has 0 amide bonds. The molecule has 0 aliphatic rings. The molecule has 10 aromatic rings. The van der Waals surface area contributed by atoms with Crippen LogP contribution in [0.25, 0.3) is 101 Å². The number of aromatic nitrogens is 8. The summed E-state index contributed by atoms with van der Waals surface area (Å²) in [6.07, 6.45) is 6.99. The maximum absolute atomic E-state index is 5.07. The monoisotopic (exact) mass is 666 g/mol. The minimum Gasteiger partial charge on any atom is -0.265 e. The lowest BCUT2D eigenvalue weighted by Crippen LogP contribution is -2.01. The van der Waals surface area contributed by atoms with Crippen LogP contribution in [0, 0.1) is 0 Å². The number of pyridine rings is 2. The van der Waals surface area contributed by atoms with Crippen LogP contribution in [-0.4, -0.2) is 39.9 Å². The molecule has 4 heterocycles. The highest BCUT2D eigenvalue weighted by Crippen LogP contribution is 2.42. The lowest BCUT2D eigenvalue weighted by molar-refractivity contribution is 1.07. The summed E-state index contributed by atoms with van der Waals surface area (Å²) in [6, 6.07) is 45.0. The van der Waals surface area contributed by atoms with Crippen LogP contribution in [0.1, 0.15) is 0 Å². The lowest BCUT2D eigenvalue weighted by Gasteiger charge is -2.16. The van der Waals surface area contributed by atoms with E-state index in [1.54, 1.807) is 24.8 Å². The van der Waals surface area contributed by atoms with Gasteiger partial charge in [-0.1, -0.05) is 97.1 Å². The maximum atomic E-state index is 5.07. The Bertz CT molecular complexity index is 2570. The summed E-state index contributed by atoms with van der Waals surface area (Å²) in [6.45, 7) is 0. The van der Waals surface area contributed by atoms with Gasteiger partial charge in [-0.2, -0.15) is 0 Å². The molecule has 0 atom stereocenters. The van der Waals surface area contributed by atoms with Crippen molar-refractivity contribution in [3.8, 4) is 68.3 Å². The Labute approximate surface area is 298 Å². The Morgan fingerprint density at radius 2 is 0.596 bits per heavy atom.